The summed E-state index contributed by atoms with van der Waals surface area (Å²) in [6.07, 6.45) is 8.80. The molecule has 0 radical (unpaired) electrons. The third-order valence-electron chi connectivity index (χ3n) is 7.56. The second kappa shape index (κ2) is 8.15. The first kappa shape index (κ1) is 20.3. The van der Waals surface area contributed by atoms with Crippen LogP contribution in [0.25, 0.3) is 0 Å². The van der Waals surface area contributed by atoms with E-state index in [1.54, 1.807) is 6.26 Å². The van der Waals surface area contributed by atoms with E-state index in [2.05, 4.69) is 10.6 Å². The lowest BCUT2D eigenvalue weighted by Gasteiger charge is -2.56. The molecule has 31 heavy (non-hydrogen) atoms. The first-order valence-corrected chi connectivity index (χ1v) is 11.6. The van der Waals surface area contributed by atoms with Crippen LogP contribution in [-0.4, -0.2) is 23.5 Å². The van der Waals surface area contributed by atoms with Crippen LogP contribution in [0.2, 0.25) is 0 Å². The zero-order chi connectivity index (χ0) is 21.4. The summed E-state index contributed by atoms with van der Waals surface area (Å²) in [7, 11) is 0. The van der Waals surface area contributed by atoms with Crippen molar-refractivity contribution in [1.82, 2.24) is 10.6 Å². The van der Waals surface area contributed by atoms with Gasteiger partial charge in [0, 0.05) is 11.1 Å². The topological polar surface area (TPSA) is 88.0 Å². The number of amides is 3. The molecule has 4 N–H and O–H groups in total. The number of imide groups is 1. The number of hydrogen-bond donors (Lipinski definition) is 3. The number of rotatable bonds is 6. The third-order valence-corrected chi connectivity index (χ3v) is 7.56. The molecular formula is C25H32N3O3+. The van der Waals surface area contributed by atoms with Gasteiger partial charge in [0.05, 0.1) is 6.26 Å². The predicted molar refractivity (Wildman–Crippen MR) is 116 cm³/mol. The van der Waals surface area contributed by atoms with Crippen molar-refractivity contribution in [2.24, 2.45) is 17.8 Å². The van der Waals surface area contributed by atoms with E-state index >= 15 is 0 Å². The van der Waals surface area contributed by atoms with Crippen molar-refractivity contribution in [2.45, 2.75) is 63.1 Å². The maximum atomic E-state index is 12.8. The average molecular weight is 423 g/mol. The highest BCUT2D eigenvalue weighted by Gasteiger charge is 2.51. The molecule has 164 valence electrons. The summed E-state index contributed by atoms with van der Waals surface area (Å²) in [5.41, 5.74) is 0.947. The third kappa shape index (κ3) is 4.26. The minimum Gasteiger partial charge on any atom is -0.463 e. The molecule has 6 rings (SSSR count). The Morgan fingerprint density at radius 3 is 2.23 bits per heavy atom. The number of hydrogen-bond acceptors (Lipinski definition) is 3. The monoisotopic (exact) mass is 422 g/mol. The summed E-state index contributed by atoms with van der Waals surface area (Å²) in [4.78, 5) is 25.6. The van der Waals surface area contributed by atoms with Crippen molar-refractivity contribution in [3.8, 4) is 0 Å². The zero-order valence-electron chi connectivity index (χ0n) is 18.1. The molecular weight excluding hydrogens is 390 g/mol. The van der Waals surface area contributed by atoms with Crippen LogP contribution in [0.4, 0.5) is 4.79 Å². The van der Waals surface area contributed by atoms with Crippen LogP contribution < -0.4 is 16.0 Å². The van der Waals surface area contributed by atoms with Crippen molar-refractivity contribution >= 4 is 11.9 Å². The molecule has 3 amide bonds. The molecule has 4 fully saturated rings. The Balaban J connectivity index is 1.21. The summed E-state index contributed by atoms with van der Waals surface area (Å²) in [6, 6.07) is 12.8. The molecule has 4 aliphatic carbocycles. The molecule has 1 heterocycles. The second-order valence-corrected chi connectivity index (χ2v) is 10.0. The first-order chi connectivity index (χ1) is 15.0. The highest BCUT2D eigenvalue weighted by Crippen LogP contribution is 2.55. The van der Waals surface area contributed by atoms with Crippen LogP contribution in [0.1, 0.15) is 62.8 Å². The lowest BCUT2D eigenvalue weighted by atomic mass is 9.53. The van der Waals surface area contributed by atoms with Gasteiger partial charge in [-0.15, -0.1) is 0 Å². The lowest BCUT2D eigenvalue weighted by Crippen LogP contribution is -2.93. The highest BCUT2D eigenvalue weighted by atomic mass is 16.3. The second-order valence-electron chi connectivity index (χ2n) is 10.0. The SMILES string of the molecule is C[C@@H]([NH2+][C@H](c1ccccc1)c1ccco1)C(=O)NC(=O)NC12CC3CC(CC(C3)C1)C2. The number of quaternary nitrogens is 1. The summed E-state index contributed by atoms with van der Waals surface area (Å²) in [5.74, 6) is 2.73. The number of nitrogens with two attached hydrogens (primary N) is 1. The van der Waals surface area contributed by atoms with E-state index in [0.717, 1.165) is 48.3 Å². The number of nitrogens with one attached hydrogen (secondary N) is 2. The van der Waals surface area contributed by atoms with Crippen LogP contribution in [0.3, 0.4) is 0 Å². The largest absolute Gasteiger partial charge is 0.463 e. The van der Waals surface area contributed by atoms with Gasteiger partial charge in [0.15, 0.2) is 17.8 Å². The number of furan rings is 1. The van der Waals surface area contributed by atoms with Gasteiger partial charge in [-0.3, -0.25) is 10.1 Å². The maximum absolute atomic E-state index is 12.8. The number of carbonyl (C=O) groups excluding carboxylic acids is 2. The van der Waals surface area contributed by atoms with Crippen LogP contribution >= 0.6 is 0 Å². The predicted octanol–water partition coefficient (Wildman–Crippen LogP) is 3.12. The molecule has 4 bridgehead atoms. The Morgan fingerprint density at radius 1 is 1.00 bits per heavy atom. The van der Waals surface area contributed by atoms with Gasteiger partial charge in [-0.25, -0.2) is 4.79 Å². The average Bonchev–Trinajstić information content (AvgIpc) is 3.25. The first-order valence-electron chi connectivity index (χ1n) is 11.6. The molecule has 1 aromatic heterocycles. The Hall–Kier alpha value is -2.60. The van der Waals surface area contributed by atoms with Crippen LogP contribution in [0.5, 0.6) is 0 Å². The van der Waals surface area contributed by atoms with Crippen LogP contribution in [-0.2, 0) is 4.79 Å². The van der Waals surface area contributed by atoms with Gasteiger partial charge in [0.1, 0.15) is 0 Å². The Labute approximate surface area is 183 Å². The van der Waals surface area contributed by atoms with Gasteiger partial charge in [0.25, 0.3) is 5.91 Å². The number of benzene rings is 1. The normalized spacial score (nSPS) is 30.5. The molecule has 2 atom stereocenters. The molecule has 4 aliphatic rings. The zero-order valence-corrected chi connectivity index (χ0v) is 18.1. The fraction of sp³-hybridized carbons (Fsp3) is 0.520. The van der Waals surface area contributed by atoms with Gasteiger partial charge < -0.3 is 15.1 Å². The smallest absolute Gasteiger partial charge is 0.322 e. The van der Waals surface area contributed by atoms with Gasteiger partial charge >= 0.3 is 6.03 Å². The van der Waals surface area contributed by atoms with Gasteiger partial charge in [-0.2, -0.15) is 0 Å². The molecule has 6 nitrogen and oxygen atoms in total. The van der Waals surface area contributed by atoms with Gasteiger partial charge in [-0.05, 0) is 75.3 Å². The molecule has 0 saturated heterocycles. The number of urea groups is 1. The Morgan fingerprint density at radius 2 is 1.65 bits per heavy atom. The van der Waals surface area contributed by atoms with E-state index in [4.69, 9.17) is 4.42 Å². The summed E-state index contributed by atoms with van der Waals surface area (Å²) < 4.78 is 5.63. The maximum Gasteiger partial charge on any atom is 0.322 e. The van der Waals surface area contributed by atoms with E-state index in [1.807, 2.05) is 54.7 Å². The summed E-state index contributed by atoms with van der Waals surface area (Å²) >= 11 is 0. The summed E-state index contributed by atoms with van der Waals surface area (Å²) in [6.45, 7) is 1.83. The molecule has 4 saturated carbocycles. The molecule has 6 heteroatoms. The molecule has 0 aliphatic heterocycles. The molecule has 2 aromatic rings. The van der Waals surface area contributed by atoms with Crippen molar-refractivity contribution in [1.29, 1.82) is 0 Å². The van der Waals surface area contributed by atoms with E-state index in [0.29, 0.717) is 0 Å². The van der Waals surface area contributed by atoms with Crippen LogP contribution in [0.15, 0.2) is 53.1 Å². The minimum absolute atomic E-state index is 0.104. The van der Waals surface area contributed by atoms with E-state index in [1.165, 1.54) is 19.3 Å². The minimum atomic E-state index is -0.447. The number of carbonyl (C=O) groups is 2. The van der Waals surface area contributed by atoms with Crippen molar-refractivity contribution in [3.63, 3.8) is 0 Å². The standard InChI is InChI=1S/C25H31N3O3/c1-16(26-22(21-8-5-9-31-21)20-6-3-2-4-7-20)23(29)27-24(30)28-25-13-17-10-18(14-25)12-19(11-17)15-25/h2-9,16-19,22,26H,10-15H2,1H3,(H2,27,28,29,30)/p+1/t16-,17?,18?,19?,22-,25?/m1/s1. The Bertz CT molecular complexity index is 889. The van der Waals surface area contributed by atoms with E-state index in [9.17, 15) is 9.59 Å². The molecule has 0 spiro atoms. The van der Waals surface area contributed by atoms with Crippen molar-refractivity contribution in [3.05, 3.63) is 60.1 Å². The molecule has 1 aromatic carbocycles. The quantitative estimate of drug-likeness (QED) is 0.668. The fourth-order valence-electron chi connectivity index (χ4n) is 6.64. The van der Waals surface area contributed by atoms with E-state index < -0.39 is 6.04 Å². The lowest BCUT2D eigenvalue weighted by molar-refractivity contribution is -0.706. The van der Waals surface area contributed by atoms with E-state index in [-0.39, 0.29) is 23.5 Å². The van der Waals surface area contributed by atoms with Crippen molar-refractivity contribution < 1.29 is 19.3 Å². The summed E-state index contributed by atoms with van der Waals surface area (Å²) in [5, 5.41) is 7.77. The fourth-order valence-corrected chi connectivity index (χ4v) is 6.64. The molecule has 0 unspecified atom stereocenters. The van der Waals surface area contributed by atoms with Gasteiger partial charge in [-0.1, -0.05) is 30.3 Å². The highest BCUT2D eigenvalue weighted by molar-refractivity contribution is 5.96. The van der Waals surface area contributed by atoms with Crippen LogP contribution in [0, 0.1) is 17.8 Å². The van der Waals surface area contributed by atoms with Crippen molar-refractivity contribution in [2.75, 3.05) is 0 Å². The Kier molecular flexibility index (Phi) is 5.34. The van der Waals surface area contributed by atoms with Gasteiger partial charge in [0.2, 0.25) is 0 Å².